The minimum absolute atomic E-state index is 0.213. The van der Waals surface area contributed by atoms with Gasteiger partial charge >= 0.3 is 0 Å². The summed E-state index contributed by atoms with van der Waals surface area (Å²) >= 11 is 3.57. The Kier molecular flexibility index (Phi) is 4.91. The number of pyridine rings is 1. The molecule has 0 saturated heterocycles. The van der Waals surface area contributed by atoms with Gasteiger partial charge < -0.3 is 0 Å². The van der Waals surface area contributed by atoms with Crippen LogP contribution in [0, 0.1) is 0 Å². The fourth-order valence-electron chi connectivity index (χ4n) is 4.40. The summed E-state index contributed by atoms with van der Waals surface area (Å²) in [5.74, 6) is 0.794. The van der Waals surface area contributed by atoms with Crippen LogP contribution in [-0.4, -0.2) is 48.7 Å². The highest BCUT2D eigenvalue weighted by molar-refractivity contribution is 9.10. The highest BCUT2D eigenvalue weighted by atomic mass is 79.9. The maximum absolute atomic E-state index is 12.8. The van der Waals surface area contributed by atoms with E-state index >= 15 is 0 Å². The number of rotatable bonds is 4. The van der Waals surface area contributed by atoms with E-state index in [0.717, 1.165) is 27.1 Å². The lowest BCUT2D eigenvalue weighted by molar-refractivity contribution is 0.0655. The van der Waals surface area contributed by atoms with Crippen LogP contribution in [0.25, 0.3) is 5.69 Å². The van der Waals surface area contributed by atoms with E-state index in [2.05, 4.69) is 31.1 Å². The smallest absolute Gasteiger partial charge is 0.261 e. The summed E-state index contributed by atoms with van der Waals surface area (Å²) in [4.78, 5) is 36.1. The van der Waals surface area contributed by atoms with Gasteiger partial charge in [0.15, 0.2) is 5.82 Å². The molecule has 4 heterocycles. The number of amides is 2. The third-order valence-corrected chi connectivity index (χ3v) is 6.47. The van der Waals surface area contributed by atoms with Gasteiger partial charge in [-0.25, -0.2) is 0 Å². The molecular formula is C25H17BrN6O2. The van der Waals surface area contributed by atoms with Crippen LogP contribution in [0.2, 0.25) is 0 Å². The molecule has 0 fully saturated rings. The van der Waals surface area contributed by atoms with Crippen molar-refractivity contribution in [2.75, 3.05) is 6.54 Å². The predicted octanol–water partition coefficient (Wildman–Crippen LogP) is 3.61. The van der Waals surface area contributed by atoms with Crippen molar-refractivity contribution in [1.82, 2.24) is 24.6 Å². The van der Waals surface area contributed by atoms with Crippen LogP contribution in [0.4, 0.5) is 0 Å². The number of hydrogen-bond donors (Lipinski definition) is 0. The SMILES string of the molecule is O=C1c2ccccc2C(=O)N1CCc1nnc2n1-c1ccc(Br)cc1C(c1ccccn1)=NC2. The maximum Gasteiger partial charge on any atom is 0.261 e. The third-order valence-electron chi connectivity index (χ3n) is 5.98. The quantitative estimate of drug-likeness (QED) is 0.389. The summed E-state index contributed by atoms with van der Waals surface area (Å²) in [6, 6.07) is 18.6. The van der Waals surface area contributed by atoms with Gasteiger partial charge in [-0.15, -0.1) is 10.2 Å². The van der Waals surface area contributed by atoms with Gasteiger partial charge in [-0.05, 0) is 42.5 Å². The summed E-state index contributed by atoms with van der Waals surface area (Å²) in [7, 11) is 0. The molecule has 0 radical (unpaired) electrons. The first-order valence-corrected chi connectivity index (χ1v) is 11.6. The lowest BCUT2D eigenvalue weighted by atomic mass is 10.0. The molecule has 0 spiro atoms. The molecule has 2 aliphatic rings. The number of hydrogen-bond acceptors (Lipinski definition) is 6. The van der Waals surface area contributed by atoms with Gasteiger partial charge in [-0.2, -0.15) is 0 Å². The molecule has 2 aromatic heterocycles. The van der Waals surface area contributed by atoms with Gasteiger partial charge in [0.25, 0.3) is 11.8 Å². The second kappa shape index (κ2) is 8.11. The molecule has 34 heavy (non-hydrogen) atoms. The maximum atomic E-state index is 12.8. The van der Waals surface area contributed by atoms with Crippen LogP contribution in [0.15, 0.2) is 76.3 Å². The highest BCUT2D eigenvalue weighted by Crippen LogP contribution is 2.29. The number of nitrogens with zero attached hydrogens (tertiary/aromatic N) is 6. The number of benzene rings is 2. The molecule has 2 amide bonds. The Balaban J connectivity index is 1.36. The molecule has 6 rings (SSSR count). The number of carbonyl (C=O) groups excluding carboxylic acids is 2. The molecule has 9 heteroatoms. The Morgan fingerprint density at radius 1 is 0.882 bits per heavy atom. The number of carbonyl (C=O) groups is 2. The summed E-state index contributed by atoms with van der Waals surface area (Å²) in [6.07, 6.45) is 2.11. The predicted molar refractivity (Wildman–Crippen MR) is 128 cm³/mol. The first kappa shape index (κ1) is 20.6. The molecular weight excluding hydrogens is 496 g/mol. The first-order valence-electron chi connectivity index (χ1n) is 10.8. The minimum Gasteiger partial charge on any atom is -0.281 e. The highest BCUT2D eigenvalue weighted by Gasteiger charge is 2.35. The van der Waals surface area contributed by atoms with E-state index in [0.29, 0.717) is 35.7 Å². The number of aliphatic imine (C=N–C) groups is 1. The summed E-state index contributed by atoms with van der Waals surface area (Å²) in [6.45, 7) is 0.544. The second-order valence-electron chi connectivity index (χ2n) is 7.97. The van der Waals surface area contributed by atoms with E-state index in [-0.39, 0.29) is 18.4 Å². The van der Waals surface area contributed by atoms with Crippen molar-refractivity contribution in [3.8, 4) is 5.69 Å². The lowest BCUT2D eigenvalue weighted by Crippen LogP contribution is -2.32. The van der Waals surface area contributed by atoms with E-state index in [9.17, 15) is 9.59 Å². The fourth-order valence-corrected chi connectivity index (χ4v) is 4.76. The number of aromatic nitrogens is 4. The lowest BCUT2D eigenvalue weighted by Gasteiger charge is -2.16. The van der Waals surface area contributed by atoms with Crippen molar-refractivity contribution in [2.24, 2.45) is 4.99 Å². The molecule has 0 saturated carbocycles. The molecule has 0 atom stereocenters. The molecule has 2 aromatic carbocycles. The van der Waals surface area contributed by atoms with Crippen LogP contribution in [0.1, 0.15) is 43.6 Å². The molecule has 0 unspecified atom stereocenters. The molecule has 4 aromatic rings. The summed E-state index contributed by atoms with van der Waals surface area (Å²) in [5.41, 5.74) is 4.20. The Morgan fingerprint density at radius 2 is 1.65 bits per heavy atom. The molecule has 2 aliphatic heterocycles. The van der Waals surface area contributed by atoms with Gasteiger partial charge in [0, 0.05) is 29.2 Å². The third kappa shape index (κ3) is 3.28. The van der Waals surface area contributed by atoms with Crippen LogP contribution in [0.3, 0.4) is 0 Å². The Bertz CT molecular complexity index is 1460. The normalized spacial score (nSPS) is 14.4. The monoisotopic (exact) mass is 512 g/mol. The van der Waals surface area contributed by atoms with Crippen LogP contribution >= 0.6 is 15.9 Å². The largest absolute Gasteiger partial charge is 0.281 e. The van der Waals surface area contributed by atoms with Crippen molar-refractivity contribution in [2.45, 2.75) is 13.0 Å². The zero-order chi connectivity index (χ0) is 23.2. The average molecular weight is 513 g/mol. The van der Waals surface area contributed by atoms with Crippen LogP contribution in [0.5, 0.6) is 0 Å². The summed E-state index contributed by atoms with van der Waals surface area (Å²) < 4.78 is 2.89. The van der Waals surface area contributed by atoms with E-state index < -0.39 is 0 Å². The average Bonchev–Trinajstić information content (AvgIpc) is 3.31. The van der Waals surface area contributed by atoms with E-state index in [1.807, 2.05) is 41.0 Å². The molecule has 166 valence electrons. The summed E-state index contributed by atoms with van der Waals surface area (Å²) in [5, 5.41) is 8.76. The Hall–Kier alpha value is -3.98. The first-order chi connectivity index (χ1) is 16.6. The zero-order valence-electron chi connectivity index (χ0n) is 17.8. The molecule has 8 nitrogen and oxygen atoms in total. The van der Waals surface area contributed by atoms with E-state index in [1.54, 1.807) is 30.5 Å². The van der Waals surface area contributed by atoms with Gasteiger partial charge in [0.1, 0.15) is 12.4 Å². The standard InChI is InChI=1S/C25H17BrN6O2/c26-15-8-9-20-18(13-15)23(19-7-3-4-11-27-19)28-14-22-30-29-21(32(20)22)10-12-31-24(33)16-5-1-2-6-17(16)25(31)34/h1-9,11,13H,10,12,14H2. The van der Waals surface area contributed by atoms with Crippen molar-refractivity contribution in [3.63, 3.8) is 0 Å². The number of imide groups is 1. The topological polar surface area (TPSA) is 93.3 Å². The van der Waals surface area contributed by atoms with Crippen molar-refractivity contribution in [1.29, 1.82) is 0 Å². The van der Waals surface area contributed by atoms with Crippen molar-refractivity contribution >= 4 is 33.5 Å². The minimum atomic E-state index is -0.277. The second-order valence-corrected chi connectivity index (χ2v) is 8.88. The van der Waals surface area contributed by atoms with Crippen LogP contribution in [-0.2, 0) is 13.0 Å². The van der Waals surface area contributed by atoms with Crippen molar-refractivity contribution in [3.05, 3.63) is 105 Å². The van der Waals surface area contributed by atoms with Gasteiger partial charge in [0.2, 0.25) is 0 Å². The van der Waals surface area contributed by atoms with E-state index in [4.69, 9.17) is 4.99 Å². The van der Waals surface area contributed by atoms with Gasteiger partial charge in [-0.1, -0.05) is 34.1 Å². The van der Waals surface area contributed by atoms with Crippen LogP contribution < -0.4 is 0 Å². The van der Waals surface area contributed by atoms with E-state index in [1.165, 1.54) is 4.90 Å². The fraction of sp³-hybridized carbons (Fsp3) is 0.120. The molecule has 0 bridgehead atoms. The van der Waals surface area contributed by atoms with Gasteiger partial charge in [-0.3, -0.25) is 29.0 Å². The van der Waals surface area contributed by atoms with Gasteiger partial charge in [0.05, 0.1) is 28.2 Å². The Labute approximate surface area is 203 Å². The Morgan fingerprint density at radius 3 is 2.38 bits per heavy atom. The van der Waals surface area contributed by atoms with Crippen molar-refractivity contribution < 1.29 is 9.59 Å². The molecule has 0 N–H and O–H groups in total. The zero-order valence-corrected chi connectivity index (χ0v) is 19.4. The number of halogens is 1. The molecule has 0 aliphatic carbocycles. The number of fused-ring (bicyclic) bond motifs is 4.